The van der Waals surface area contributed by atoms with Crippen LogP contribution in [0.4, 0.5) is 4.39 Å². The summed E-state index contributed by atoms with van der Waals surface area (Å²) in [6.07, 6.45) is -4.23. The predicted molar refractivity (Wildman–Crippen MR) is 121 cm³/mol. The smallest absolute Gasteiger partial charge is 0.225 e. The van der Waals surface area contributed by atoms with Gasteiger partial charge in [0.2, 0.25) is 5.79 Å². The third kappa shape index (κ3) is 3.77. The van der Waals surface area contributed by atoms with Crippen molar-refractivity contribution in [1.82, 2.24) is 0 Å². The van der Waals surface area contributed by atoms with Gasteiger partial charge in [-0.05, 0) is 60.0 Å². The van der Waals surface area contributed by atoms with Crippen molar-refractivity contribution >= 4 is 11.3 Å². The number of hydrogen-bond donors (Lipinski definition) is 3. The van der Waals surface area contributed by atoms with Gasteiger partial charge >= 0.3 is 0 Å². The Morgan fingerprint density at radius 2 is 1.85 bits per heavy atom. The van der Waals surface area contributed by atoms with Crippen LogP contribution in [-0.4, -0.2) is 46.8 Å². The molecule has 0 aliphatic carbocycles. The molecule has 1 aromatic heterocycles. The number of rotatable bonds is 4. The molecular formula is C25H25FO6S. The van der Waals surface area contributed by atoms with Crippen LogP contribution in [0.1, 0.15) is 28.5 Å². The number of hydrogen-bond acceptors (Lipinski definition) is 7. The summed E-state index contributed by atoms with van der Waals surface area (Å²) >= 11 is 1.60. The van der Waals surface area contributed by atoms with Gasteiger partial charge in [0.15, 0.2) is 0 Å². The molecule has 2 aromatic carbocycles. The lowest BCUT2D eigenvalue weighted by Gasteiger charge is -2.45. The minimum absolute atomic E-state index is 0.187. The van der Waals surface area contributed by atoms with E-state index in [0.29, 0.717) is 17.7 Å². The average molecular weight is 473 g/mol. The van der Waals surface area contributed by atoms with Crippen molar-refractivity contribution in [3.63, 3.8) is 0 Å². The molecule has 2 aliphatic rings. The van der Waals surface area contributed by atoms with Gasteiger partial charge in [0.25, 0.3) is 0 Å². The maximum atomic E-state index is 13.3. The number of benzene rings is 2. The van der Waals surface area contributed by atoms with Crippen molar-refractivity contribution < 1.29 is 33.9 Å². The van der Waals surface area contributed by atoms with Crippen molar-refractivity contribution in [3.8, 4) is 16.2 Å². The van der Waals surface area contributed by atoms with Gasteiger partial charge < -0.3 is 29.5 Å². The van der Waals surface area contributed by atoms with E-state index in [9.17, 15) is 19.7 Å². The van der Waals surface area contributed by atoms with Crippen LogP contribution in [0.15, 0.2) is 48.5 Å². The van der Waals surface area contributed by atoms with Gasteiger partial charge in [0.05, 0.1) is 19.8 Å². The highest BCUT2D eigenvalue weighted by Gasteiger charge is 2.57. The molecule has 3 N–H and O–H groups in total. The monoisotopic (exact) mass is 472 g/mol. The highest BCUT2D eigenvalue weighted by Crippen LogP contribution is 2.47. The van der Waals surface area contributed by atoms with Crippen molar-refractivity contribution in [2.75, 3.05) is 7.11 Å². The van der Waals surface area contributed by atoms with E-state index < -0.39 is 30.2 Å². The lowest BCUT2D eigenvalue weighted by molar-refractivity contribution is -0.362. The number of fused-ring (bicyclic) bond motifs is 2. The van der Waals surface area contributed by atoms with Crippen LogP contribution in [0.25, 0.3) is 10.4 Å². The molecular weight excluding hydrogens is 447 g/mol. The highest BCUT2D eigenvalue weighted by atomic mass is 32.1. The first-order chi connectivity index (χ1) is 15.8. The van der Waals surface area contributed by atoms with E-state index in [0.717, 1.165) is 26.4 Å². The van der Waals surface area contributed by atoms with Gasteiger partial charge in [-0.1, -0.05) is 12.1 Å². The largest absolute Gasteiger partial charge is 0.496 e. The molecule has 1 fully saturated rings. The normalized spacial score (nSPS) is 28.8. The number of aliphatic hydroxyl groups is 3. The van der Waals surface area contributed by atoms with Crippen molar-refractivity contribution in [2.24, 2.45) is 0 Å². The molecule has 3 aromatic rings. The Kier molecular flexibility index (Phi) is 5.76. The molecule has 8 heteroatoms. The molecule has 3 heterocycles. The Bertz CT molecular complexity index is 1160. The molecule has 5 rings (SSSR count). The van der Waals surface area contributed by atoms with Gasteiger partial charge in [-0.15, -0.1) is 11.3 Å². The second kappa shape index (κ2) is 8.47. The average Bonchev–Trinajstić information content (AvgIpc) is 3.42. The van der Waals surface area contributed by atoms with Crippen molar-refractivity contribution in [3.05, 3.63) is 75.9 Å². The first-order valence-electron chi connectivity index (χ1n) is 10.7. The quantitative estimate of drug-likeness (QED) is 0.540. The number of thiophene rings is 1. The van der Waals surface area contributed by atoms with Crippen LogP contribution in [0, 0.1) is 5.82 Å². The van der Waals surface area contributed by atoms with Gasteiger partial charge in [0, 0.05) is 21.7 Å². The molecule has 0 unspecified atom stereocenters. The molecule has 33 heavy (non-hydrogen) atoms. The van der Waals surface area contributed by atoms with E-state index in [1.54, 1.807) is 37.5 Å². The minimum Gasteiger partial charge on any atom is -0.496 e. The summed E-state index contributed by atoms with van der Waals surface area (Å²) in [6, 6.07) is 14.2. The summed E-state index contributed by atoms with van der Waals surface area (Å²) in [6.45, 7) is 1.82. The maximum Gasteiger partial charge on any atom is 0.225 e. The predicted octanol–water partition coefficient (Wildman–Crippen LogP) is 3.34. The molecule has 0 saturated carbocycles. The van der Waals surface area contributed by atoms with Crippen LogP contribution in [0.5, 0.6) is 5.75 Å². The maximum absolute atomic E-state index is 13.3. The van der Waals surface area contributed by atoms with Gasteiger partial charge in [-0.25, -0.2) is 4.39 Å². The Morgan fingerprint density at radius 3 is 2.58 bits per heavy atom. The van der Waals surface area contributed by atoms with Crippen molar-refractivity contribution in [2.45, 2.75) is 50.2 Å². The van der Waals surface area contributed by atoms with Crippen LogP contribution in [-0.2, 0) is 28.3 Å². The summed E-state index contributed by atoms with van der Waals surface area (Å²) in [5.74, 6) is -1.14. The van der Waals surface area contributed by atoms with Gasteiger partial charge in [-0.3, -0.25) is 0 Å². The van der Waals surface area contributed by atoms with E-state index in [1.165, 1.54) is 12.1 Å². The summed E-state index contributed by atoms with van der Waals surface area (Å²) < 4.78 is 30.7. The minimum atomic E-state index is -1.55. The third-order valence-corrected chi connectivity index (χ3v) is 7.52. The Hall–Kier alpha value is -2.33. The van der Waals surface area contributed by atoms with Crippen molar-refractivity contribution in [1.29, 1.82) is 0 Å². The molecule has 0 bridgehead atoms. The summed E-state index contributed by atoms with van der Waals surface area (Å²) in [5, 5.41) is 31.3. The molecule has 174 valence electrons. The topological polar surface area (TPSA) is 88.4 Å². The van der Waals surface area contributed by atoms with Gasteiger partial charge in [0.1, 0.15) is 29.9 Å². The number of methoxy groups -OCH3 is 1. The standard InChI is InChI=1S/C25H25FO6S/c1-13-22(27)23(28)24(29)25(32-13)19-10-15(20(30-2)11-16(19)12-31-25)9-18-7-8-21(33-18)14-3-5-17(26)6-4-14/h3-8,10-11,13,22-24,27-29H,9,12H2,1-2H3/t13-,22-,23+,24-,25+/m1/s1. The van der Waals surface area contributed by atoms with Crippen LogP contribution >= 0.6 is 11.3 Å². The van der Waals surface area contributed by atoms with E-state index in [4.69, 9.17) is 14.2 Å². The Morgan fingerprint density at radius 1 is 1.09 bits per heavy atom. The van der Waals surface area contributed by atoms with Crippen LogP contribution in [0.3, 0.4) is 0 Å². The first-order valence-corrected chi connectivity index (χ1v) is 11.5. The fraction of sp³-hybridized carbons (Fsp3) is 0.360. The van der Waals surface area contributed by atoms with E-state index in [-0.39, 0.29) is 12.4 Å². The van der Waals surface area contributed by atoms with E-state index in [2.05, 4.69) is 0 Å². The molecule has 1 saturated heterocycles. The van der Waals surface area contributed by atoms with Crippen LogP contribution in [0.2, 0.25) is 0 Å². The number of ether oxygens (including phenoxy) is 3. The summed E-state index contributed by atoms with van der Waals surface area (Å²) in [7, 11) is 1.60. The Balaban J connectivity index is 1.49. The summed E-state index contributed by atoms with van der Waals surface area (Å²) in [5.41, 5.74) is 3.24. The molecule has 2 aliphatic heterocycles. The van der Waals surface area contributed by atoms with Crippen LogP contribution < -0.4 is 4.74 Å². The highest BCUT2D eigenvalue weighted by molar-refractivity contribution is 7.15. The van der Waals surface area contributed by atoms with Gasteiger partial charge in [-0.2, -0.15) is 0 Å². The fourth-order valence-corrected chi connectivity index (χ4v) is 5.61. The Labute approximate surface area is 194 Å². The van der Waals surface area contributed by atoms with E-state index in [1.807, 2.05) is 24.3 Å². The number of halogens is 1. The fourth-order valence-electron chi connectivity index (χ4n) is 4.58. The summed E-state index contributed by atoms with van der Waals surface area (Å²) in [4.78, 5) is 2.11. The molecule has 5 atom stereocenters. The molecule has 6 nitrogen and oxygen atoms in total. The first kappa shape index (κ1) is 22.5. The second-order valence-electron chi connectivity index (χ2n) is 8.48. The number of aliphatic hydroxyl groups excluding tert-OH is 3. The van der Waals surface area contributed by atoms with E-state index >= 15 is 0 Å². The molecule has 0 radical (unpaired) electrons. The molecule has 1 spiro atoms. The second-order valence-corrected chi connectivity index (χ2v) is 9.64. The lowest BCUT2D eigenvalue weighted by atomic mass is 9.86. The zero-order valence-electron chi connectivity index (χ0n) is 18.2. The molecule has 0 amide bonds. The third-order valence-electron chi connectivity index (χ3n) is 6.38. The lowest BCUT2D eigenvalue weighted by Crippen LogP contribution is -2.62. The zero-order chi connectivity index (χ0) is 23.3. The zero-order valence-corrected chi connectivity index (χ0v) is 19.0. The SMILES string of the molecule is COc1cc2c(cc1Cc1ccc(-c3ccc(F)cc3)s1)[C@]1(OC2)O[C@H](C)[C@@H](O)[C@H](O)[C@H]1O.